The molecule has 0 bridgehead atoms. The van der Waals surface area contributed by atoms with E-state index in [1.54, 1.807) is 9.80 Å². The number of hydrogen-bond acceptors (Lipinski definition) is 3. The topological polar surface area (TPSA) is 43.9 Å². The largest absolute Gasteiger partial charge is 0.401 e. The molecule has 2 aliphatic heterocycles. The van der Waals surface area contributed by atoms with E-state index in [-0.39, 0.29) is 31.3 Å². The number of rotatable bonds is 3. The zero-order valence-corrected chi connectivity index (χ0v) is 17.2. The summed E-state index contributed by atoms with van der Waals surface area (Å²) in [5, 5.41) is 0. The SMILES string of the molecule is Cc1cc(N2CC(C(=O)N3CCCN(CC(F)(F)F)CC3)CC2=O)ccc1Br. The van der Waals surface area contributed by atoms with Gasteiger partial charge in [-0.15, -0.1) is 0 Å². The number of alkyl halides is 3. The van der Waals surface area contributed by atoms with E-state index >= 15 is 0 Å². The number of anilines is 1. The van der Waals surface area contributed by atoms with Crippen LogP contribution in [-0.2, 0) is 9.59 Å². The Morgan fingerprint density at radius 3 is 2.64 bits per heavy atom. The molecule has 0 N–H and O–H groups in total. The second kappa shape index (κ2) is 8.41. The summed E-state index contributed by atoms with van der Waals surface area (Å²) in [6.07, 6.45) is -3.60. The Bertz CT molecular complexity index is 756. The molecule has 3 rings (SSSR count). The van der Waals surface area contributed by atoms with E-state index in [1.807, 2.05) is 25.1 Å². The van der Waals surface area contributed by atoms with Crippen molar-refractivity contribution in [3.8, 4) is 0 Å². The van der Waals surface area contributed by atoms with Gasteiger partial charge in [0.25, 0.3) is 0 Å². The molecule has 9 heteroatoms. The molecule has 2 heterocycles. The Kier molecular flexibility index (Phi) is 6.34. The van der Waals surface area contributed by atoms with Crippen molar-refractivity contribution >= 4 is 33.4 Å². The minimum Gasteiger partial charge on any atom is -0.341 e. The third kappa shape index (κ3) is 5.05. The molecule has 154 valence electrons. The summed E-state index contributed by atoms with van der Waals surface area (Å²) in [6.45, 7) is 2.49. The predicted octanol–water partition coefficient (Wildman–Crippen LogP) is 3.21. The van der Waals surface area contributed by atoms with Gasteiger partial charge < -0.3 is 9.80 Å². The van der Waals surface area contributed by atoms with Crippen LogP contribution in [0.15, 0.2) is 22.7 Å². The Balaban J connectivity index is 1.62. The van der Waals surface area contributed by atoms with Crippen LogP contribution in [-0.4, -0.2) is 67.1 Å². The molecule has 1 unspecified atom stereocenters. The Morgan fingerprint density at radius 2 is 1.96 bits per heavy atom. The van der Waals surface area contributed by atoms with E-state index in [4.69, 9.17) is 0 Å². The lowest BCUT2D eigenvalue weighted by Gasteiger charge is -2.25. The monoisotopic (exact) mass is 461 g/mol. The number of aryl methyl sites for hydroxylation is 1. The van der Waals surface area contributed by atoms with Crippen LogP contribution < -0.4 is 4.90 Å². The number of benzene rings is 1. The van der Waals surface area contributed by atoms with Gasteiger partial charge in [-0.25, -0.2) is 0 Å². The highest BCUT2D eigenvalue weighted by molar-refractivity contribution is 9.10. The van der Waals surface area contributed by atoms with Gasteiger partial charge in [-0.05, 0) is 37.1 Å². The van der Waals surface area contributed by atoms with Gasteiger partial charge >= 0.3 is 6.18 Å². The maximum Gasteiger partial charge on any atom is 0.401 e. The maximum absolute atomic E-state index is 12.9. The number of carbonyl (C=O) groups excluding carboxylic acids is 2. The second-order valence-corrected chi connectivity index (χ2v) is 8.26. The third-order valence-corrected chi connectivity index (χ3v) is 6.12. The predicted molar refractivity (Wildman–Crippen MR) is 103 cm³/mol. The molecule has 5 nitrogen and oxygen atoms in total. The van der Waals surface area contributed by atoms with E-state index < -0.39 is 18.6 Å². The summed E-state index contributed by atoms with van der Waals surface area (Å²) >= 11 is 3.43. The van der Waals surface area contributed by atoms with Crippen LogP contribution in [0, 0.1) is 12.8 Å². The van der Waals surface area contributed by atoms with Gasteiger partial charge in [-0.3, -0.25) is 14.5 Å². The van der Waals surface area contributed by atoms with Crippen LogP contribution in [0.4, 0.5) is 18.9 Å². The van der Waals surface area contributed by atoms with Crippen molar-refractivity contribution < 1.29 is 22.8 Å². The highest BCUT2D eigenvalue weighted by Gasteiger charge is 2.38. The fourth-order valence-corrected chi connectivity index (χ4v) is 4.03. The van der Waals surface area contributed by atoms with Gasteiger partial charge in [0.05, 0.1) is 12.5 Å². The van der Waals surface area contributed by atoms with E-state index in [2.05, 4.69) is 15.9 Å². The van der Waals surface area contributed by atoms with Crippen LogP contribution in [0.25, 0.3) is 0 Å². The molecule has 2 amide bonds. The first kappa shape index (κ1) is 21.1. The minimum atomic E-state index is -4.24. The Labute approximate surface area is 170 Å². The molecule has 1 atom stereocenters. The summed E-state index contributed by atoms with van der Waals surface area (Å²) in [5.74, 6) is -0.697. The van der Waals surface area contributed by atoms with Crippen LogP contribution in [0.2, 0.25) is 0 Å². The van der Waals surface area contributed by atoms with Crippen molar-refractivity contribution in [1.82, 2.24) is 9.80 Å². The van der Waals surface area contributed by atoms with Crippen LogP contribution >= 0.6 is 15.9 Å². The van der Waals surface area contributed by atoms with Crippen molar-refractivity contribution in [3.63, 3.8) is 0 Å². The Morgan fingerprint density at radius 1 is 1.21 bits per heavy atom. The first-order chi connectivity index (χ1) is 13.1. The van der Waals surface area contributed by atoms with Gasteiger partial charge in [-0.1, -0.05) is 15.9 Å². The molecule has 28 heavy (non-hydrogen) atoms. The van der Waals surface area contributed by atoms with Crippen LogP contribution in [0.3, 0.4) is 0 Å². The number of amides is 2. The van der Waals surface area contributed by atoms with Gasteiger partial charge in [-0.2, -0.15) is 13.2 Å². The fourth-order valence-electron chi connectivity index (χ4n) is 3.78. The molecule has 0 aromatic heterocycles. The smallest absolute Gasteiger partial charge is 0.341 e. The zero-order valence-electron chi connectivity index (χ0n) is 15.6. The summed E-state index contributed by atoms with van der Waals surface area (Å²) in [7, 11) is 0. The Hall–Kier alpha value is -1.61. The number of halogens is 4. The standard InChI is InChI=1S/C19H23BrF3N3O2/c1-13-9-15(3-4-16(13)20)26-11-14(10-17(26)27)18(28)25-6-2-5-24(7-8-25)12-19(21,22)23/h3-4,9,14H,2,5-8,10-12H2,1H3. The minimum absolute atomic E-state index is 0.103. The fraction of sp³-hybridized carbons (Fsp3) is 0.579. The van der Waals surface area contributed by atoms with Gasteiger partial charge in [0.1, 0.15) is 0 Å². The lowest BCUT2D eigenvalue weighted by atomic mass is 10.1. The number of carbonyl (C=O) groups is 2. The van der Waals surface area contributed by atoms with E-state index in [1.165, 1.54) is 4.90 Å². The van der Waals surface area contributed by atoms with Crippen LogP contribution in [0.5, 0.6) is 0 Å². The summed E-state index contributed by atoms with van der Waals surface area (Å²) < 4.78 is 38.8. The first-order valence-corrected chi connectivity index (χ1v) is 10.1. The van der Waals surface area contributed by atoms with Crippen LogP contribution in [0.1, 0.15) is 18.4 Å². The van der Waals surface area contributed by atoms with Gasteiger partial charge in [0.2, 0.25) is 11.8 Å². The highest BCUT2D eigenvalue weighted by atomic mass is 79.9. The molecular formula is C19H23BrF3N3O2. The zero-order chi connectivity index (χ0) is 20.5. The molecule has 1 aromatic carbocycles. The van der Waals surface area contributed by atoms with Crippen molar-refractivity contribution in [2.24, 2.45) is 5.92 Å². The van der Waals surface area contributed by atoms with Crippen molar-refractivity contribution in [3.05, 3.63) is 28.2 Å². The lowest BCUT2D eigenvalue weighted by Crippen LogP contribution is -2.41. The molecule has 0 spiro atoms. The summed E-state index contributed by atoms with van der Waals surface area (Å²) in [4.78, 5) is 29.9. The molecule has 2 saturated heterocycles. The molecule has 0 aliphatic carbocycles. The summed E-state index contributed by atoms with van der Waals surface area (Å²) in [6, 6.07) is 5.61. The average Bonchev–Trinajstić information content (AvgIpc) is 2.85. The van der Waals surface area contributed by atoms with E-state index in [0.717, 1.165) is 15.7 Å². The van der Waals surface area contributed by atoms with E-state index in [0.29, 0.717) is 26.1 Å². The third-order valence-electron chi connectivity index (χ3n) is 5.23. The van der Waals surface area contributed by atoms with Gasteiger partial charge in [0, 0.05) is 49.3 Å². The molecule has 2 fully saturated rings. The number of nitrogens with zero attached hydrogens (tertiary/aromatic N) is 3. The van der Waals surface area contributed by atoms with Crippen molar-refractivity contribution in [1.29, 1.82) is 0 Å². The average molecular weight is 462 g/mol. The molecule has 1 aromatic rings. The quantitative estimate of drug-likeness (QED) is 0.693. The molecule has 0 radical (unpaired) electrons. The van der Waals surface area contributed by atoms with Gasteiger partial charge in [0.15, 0.2) is 0 Å². The normalized spacial score (nSPS) is 21.9. The van der Waals surface area contributed by atoms with Crippen molar-refractivity contribution in [2.45, 2.75) is 25.9 Å². The van der Waals surface area contributed by atoms with Crippen molar-refractivity contribution in [2.75, 3.05) is 44.2 Å². The molecular weight excluding hydrogens is 439 g/mol. The molecule has 2 aliphatic rings. The first-order valence-electron chi connectivity index (χ1n) is 9.28. The molecule has 0 saturated carbocycles. The second-order valence-electron chi connectivity index (χ2n) is 7.41. The number of hydrogen-bond donors (Lipinski definition) is 0. The lowest BCUT2D eigenvalue weighted by molar-refractivity contribution is -0.145. The highest BCUT2D eigenvalue weighted by Crippen LogP contribution is 2.29. The maximum atomic E-state index is 12.9. The summed E-state index contributed by atoms with van der Waals surface area (Å²) in [5.41, 5.74) is 1.76. The van der Waals surface area contributed by atoms with E-state index in [9.17, 15) is 22.8 Å².